The zero-order chi connectivity index (χ0) is 14.3. The van der Waals surface area contributed by atoms with Crippen molar-refractivity contribution in [3.63, 3.8) is 0 Å². The molecule has 2 aromatic rings. The third-order valence-corrected chi connectivity index (χ3v) is 3.64. The first-order valence-corrected chi connectivity index (χ1v) is 6.51. The van der Waals surface area contributed by atoms with Crippen LogP contribution in [0.4, 0.5) is 18.2 Å². The number of rotatable bonds is 2. The standard InChI is InChI=1S/C9H10F3N7S/c10-9(11,12)8-16-15-6-4-18(1-2-19(6)8)3-5-7(13)20-17-14-5/h1-4,13H2. The molecule has 0 saturated heterocycles. The third-order valence-electron chi connectivity index (χ3n) is 3.04. The summed E-state index contributed by atoms with van der Waals surface area (Å²) in [4.78, 5) is 1.91. The molecule has 1 aliphatic rings. The molecule has 0 unspecified atom stereocenters. The summed E-state index contributed by atoms with van der Waals surface area (Å²) in [6.07, 6.45) is -4.48. The Labute approximate surface area is 115 Å². The van der Waals surface area contributed by atoms with E-state index >= 15 is 0 Å². The molecule has 0 fully saturated rings. The molecule has 2 aromatic heterocycles. The number of nitrogens with zero attached hydrogens (tertiary/aromatic N) is 6. The normalized spacial score (nSPS) is 16.4. The SMILES string of the molecule is Nc1snnc1CN1CCn2c(nnc2C(F)(F)F)C1. The lowest BCUT2D eigenvalue weighted by Crippen LogP contribution is -2.35. The first-order chi connectivity index (χ1) is 9.45. The maximum Gasteiger partial charge on any atom is 0.451 e. The van der Waals surface area contributed by atoms with Crippen molar-refractivity contribution in [3.8, 4) is 0 Å². The molecule has 2 N–H and O–H groups in total. The molecule has 0 radical (unpaired) electrons. The number of alkyl halides is 3. The fourth-order valence-electron chi connectivity index (χ4n) is 2.09. The summed E-state index contributed by atoms with van der Waals surface area (Å²) in [5, 5.41) is 11.3. The van der Waals surface area contributed by atoms with Crippen LogP contribution in [0.5, 0.6) is 0 Å². The molecule has 20 heavy (non-hydrogen) atoms. The van der Waals surface area contributed by atoms with E-state index in [0.29, 0.717) is 29.6 Å². The molecule has 3 rings (SSSR count). The number of hydrogen-bond acceptors (Lipinski definition) is 7. The second-order valence-corrected chi connectivity index (χ2v) is 5.17. The highest BCUT2D eigenvalue weighted by molar-refractivity contribution is 7.09. The van der Waals surface area contributed by atoms with E-state index in [-0.39, 0.29) is 13.1 Å². The Hall–Kier alpha value is -1.75. The number of halogens is 3. The Morgan fingerprint density at radius 1 is 1.20 bits per heavy atom. The fraction of sp³-hybridized carbons (Fsp3) is 0.556. The first kappa shape index (κ1) is 13.2. The Bertz CT molecular complexity index is 619. The molecule has 0 aliphatic carbocycles. The molecule has 0 saturated carbocycles. The van der Waals surface area contributed by atoms with Gasteiger partial charge in [0.1, 0.15) is 16.5 Å². The van der Waals surface area contributed by atoms with Gasteiger partial charge in [0.2, 0.25) is 5.82 Å². The van der Waals surface area contributed by atoms with Gasteiger partial charge in [0.05, 0.1) is 6.54 Å². The minimum Gasteiger partial charge on any atom is -0.388 e. The monoisotopic (exact) mass is 305 g/mol. The Balaban J connectivity index is 1.77. The van der Waals surface area contributed by atoms with E-state index in [0.717, 1.165) is 16.1 Å². The van der Waals surface area contributed by atoms with Gasteiger partial charge in [-0.25, -0.2) is 0 Å². The van der Waals surface area contributed by atoms with E-state index in [9.17, 15) is 13.2 Å². The molecule has 0 atom stereocenters. The van der Waals surface area contributed by atoms with Gasteiger partial charge in [-0.3, -0.25) is 4.90 Å². The highest BCUT2D eigenvalue weighted by atomic mass is 32.1. The average molecular weight is 305 g/mol. The molecule has 0 amide bonds. The molecule has 7 nitrogen and oxygen atoms in total. The van der Waals surface area contributed by atoms with Crippen molar-refractivity contribution in [1.29, 1.82) is 0 Å². The maximum absolute atomic E-state index is 12.7. The van der Waals surface area contributed by atoms with Crippen molar-refractivity contribution >= 4 is 16.5 Å². The summed E-state index contributed by atoms with van der Waals surface area (Å²) < 4.78 is 42.9. The van der Waals surface area contributed by atoms with Crippen LogP contribution in [0.2, 0.25) is 0 Å². The van der Waals surface area contributed by atoms with Crippen molar-refractivity contribution in [2.24, 2.45) is 0 Å². The quantitative estimate of drug-likeness (QED) is 0.881. The summed E-state index contributed by atoms with van der Waals surface area (Å²) in [5.74, 6) is -0.646. The van der Waals surface area contributed by atoms with Crippen molar-refractivity contribution in [2.75, 3.05) is 12.3 Å². The number of hydrogen-bond donors (Lipinski definition) is 1. The van der Waals surface area contributed by atoms with Crippen LogP contribution in [0.25, 0.3) is 0 Å². The molecule has 3 heterocycles. The van der Waals surface area contributed by atoms with Crippen LogP contribution in [0.15, 0.2) is 0 Å². The first-order valence-electron chi connectivity index (χ1n) is 5.73. The van der Waals surface area contributed by atoms with Gasteiger partial charge in [0.15, 0.2) is 0 Å². The molecule has 108 valence electrons. The van der Waals surface area contributed by atoms with Gasteiger partial charge in [-0.15, -0.1) is 15.3 Å². The average Bonchev–Trinajstić information content (AvgIpc) is 2.95. The molecular weight excluding hydrogens is 295 g/mol. The summed E-state index contributed by atoms with van der Waals surface area (Å²) >= 11 is 1.09. The van der Waals surface area contributed by atoms with Crippen LogP contribution in [-0.2, 0) is 25.8 Å². The minimum atomic E-state index is -4.48. The van der Waals surface area contributed by atoms with E-state index in [1.54, 1.807) is 0 Å². The van der Waals surface area contributed by atoms with E-state index in [1.165, 1.54) is 0 Å². The van der Waals surface area contributed by atoms with Crippen molar-refractivity contribution in [2.45, 2.75) is 25.8 Å². The van der Waals surface area contributed by atoms with Crippen molar-refractivity contribution in [3.05, 3.63) is 17.3 Å². The topological polar surface area (TPSA) is 85.8 Å². The van der Waals surface area contributed by atoms with Gasteiger partial charge in [-0.1, -0.05) is 4.49 Å². The lowest BCUT2D eigenvalue weighted by atomic mass is 10.3. The summed E-state index contributed by atoms with van der Waals surface area (Å²) in [5.41, 5.74) is 6.34. The predicted molar refractivity (Wildman–Crippen MR) is 63.5 cm³/mol. The molecular formula is C9H10F3N7S. The largest absolute Gasteiger partial charge is 0.451 e. The second kappa shape index (κ2) is 4.66. The van der Waals surface area contributed by atoms with Crippen molar-refractivity contribution in [1.82, 2.24) is 29.3 Å². The zero-order valence-corrected chi connectivity index (χ0v) is 10.9. The smallest absolute Gasteiger partial charge is 0.388 e. The highest BCUT2D eigenvalue weighted by Gasteiger charge is 2.39. The zero-order valence-electron chi connectivity index (χ0n) is 10.1. The Kier molecular flexibility index (Phi) is 3.09. The van der Waals surface area contributed by atoms with Gasteiger partial charge in [-0.2, -0.15) is 13.2 Å². The number of aromatic nitrogens is 5. The molecule has 0 spiro atoms. The van der Waals surface area contributed by atoms with Crippen LogP contribution >= 0.6 is 11.5 Å². The lowest BCUT2D eigenvalue weighted by Gasteiger charge is -2.27. The fourth-order valence-corrected chi connectivity index (χ4v) is 2.53. The summed E-state index contributed by atoms with van der Waals surface area (Å²) in [7, 11) is 0. The maximum atomic E-state index is 12.7. The summed E-state index contributed by atoms with van der Waals surface area (Å²) in [6.45, 7) is 1.36. The van der Waals surface area contributed by atoms with Crippen LogP contribution in [0.1, 0.15) is 17.3 Å². The van der Waals surface area contributed by atoms with Gasteiger partial charge >= 0.3 is 6.18 Å². The number of anilines is 1. The van der Waals surface area contributed by atoms with E-state index in [1.807, 2.05) is 4.90 Å². The molecule has 1 aliphatic heterocycles. The highest BCUT2D eigenvalue weighted by Crippen LogP contribution is 2.29. The van der Waals surface area contributed by atoms with Crippen LogP contribution in [0, 0.1) is 0 Å². The molecule has 11 heteroatoms. The lowest BCUT2D eigenvalue weighted by molar-refractivity contribution is -0.148. The minimum absolute atomic E-state index is 0.189. The number of fused-ring (bicyclic) bond motifs is 1. The molecule has 0 bridgehead atoms. The van der Waals surface area contributed by atoms with Gasteiger partial charge in [0.25, 0.3) is 0 Å². The van der Waals surface area contributed by atoms with Crippen LogP contribution in [-0.4, -0.2) is 35.8 Å². The Morgan fingerprint density at radius 2 is 2.00 bits per heavy atom. The number of nitrogen functional groups attached to an aromatic ring is 1. The van der Waals surface area contributed by atoms with E-state index in [4.69, 9.17) is 5.73 Å². The molecule has 0 aromatic carbocycles. The number of nitrogens with two attached hydrogens (primary N) is 1. The second-order valence-electron chi connectivity index (χ2n) is 4.38. The van der Waals surface area contributed by atoms with Gasteiger partial charge in [-0.05, 0) is 0 Å². The van der Waals surface area contributed by atoms with E-state index < -0.39 is 12.0 Å². The summed E-state index contributed by atoms with van der Waals surface area (Å²) in [6, 6.07) is 0. The van der Waals surface area contributed by atoms with Crippen LogP contribution in [0.3, 0.4) is 0 Å². The van der Waals surface area contributed by atoms with Crippen molar-refractivity contribution < 1.29 is 13.2 Å². The van der Waals surface area contributed by atoms with E-state index in [2.05, 4.69) is 19.8 Å². The van der Waals surface area contributed by atoms with Gasteiger partial charge in [0, 0.05) is 31.2 Å². The van der Waals surface area contributed by atoms with Crippen LogP contribution < -0.4 is 5.73 Å². The van der Waals surface area contributed by atoms with Gasteiger partial charge < -0.3 is 10.3 Å². The predicted octanol–water partition coefficient (Wildman–Crippen LogP) is 0.746. The third kappa shape index (κ3) is 2.33. The Morgan fingerprint density at radius 3 is 2.65 bits per heavy atom.